The summed E-state index contributed by atoms with van der Waals surface area (Å²) in [7, 11) is 0. The summed E-state index contributed by atoms with van der Waals surface area (Å²) in [4.78, 5) is 25.1. The molecule has 1 aromatic rings. The molecule has 1 aromatic carbocycles. The lowest BCUT2D eigenvalue weighted by Crippen LogP contribution is -2.34. The van der Waals surface area contributed by atoms with Gasteiger partial charge in [-0.05, 0) is 37.1 Å². The smallest absolute Gasteiger partial charge is 0.307 e. The highest BCUT2D eigenvalue weighted by molar-refractivity contribution is 5.92. The molecule has 1 N–H and O–H groups in total. The number of aliphatic hydroxyl groups is 1. The van der Waals surface area contributed by atoms with Crippen molar-refractivity contribution in [2.24, 2.45) is 0 Å². The third kappa shape index (κ3) is 8.35. The van der Waals surface area contributed by atoms with Gasteiger partial charge in [0, 0.05) is 19.2 Å². The van der Waals surface area contributed by atoms with Crippen molar-refractivity contribution in [1.82, 2.24) is 4.90 Å². The molecule has 0 radical (unpaired) electrons. The molecule has 0 aliphatic heterocycles. The van der Waals surface area contributed by atoms with Crippen molar-refractivity contribution in [1.29, 1.82) is 0 Å². The number of benzene rings is 1. The summed E-state index contributed by atoms with van der Waals surface area (Å²) in [6, 6.07) is 7.44. The largest absolute Gasteiger partial charge is 0.494 e. The van der Waals surface area contributed by atoms with E-state index in [0.29, 0.717) is 13.2 Å². The second kappa shape index (κ2) is 12.1. The van der Waals surface area contributed by atoms with E-state index in [1.807, 2.05) is 31.2 Å². The zero-order valence-electron chi connectivity index (χ0n) is 14.9. The molecule has 25 heavy (non-hydrogen) atoms. The maximum absolute atomic E-state index is 12.2. The van der Waals surface area contributed by atoms with Crippen LogP contribution in [0.2, 0.25) is 0 Å². The molecule has 0 saturated heterocycles. The molecule has 6 heteroatoms. The van der Waals surface area contributed by atoms with Gasteiger partial charge in [-0.1, -0.05) is 19.1 Å². The molecule has 0 heterocycles. The predicted octanol–water partition coefficient (Wildman–Crippen LogP) is 2.26. The number of amides is 1. The normalized spacial score (nSPS) is 10.7. The first-order valence-corrected chi connectivity index (χ1v) is 8.57. The van der Waals surface area contributed by atoms with Crippen LogP contribution in [0.5, 0.6) is 5.75 Å². The quantitative estimate of drug-likeness (QED) is 0.490. The highest BCUT2D eigenvalue weighted by Gasteiger charge is 2.12. The van der Waals surface area contributed by atoms with Gasteiger partial charge in [0.05, 0.1) is 26.2 Å². The average Bonchev–Trinajstić information content (AvgIpc) is 2.62. The van der Waals surface area contributed by atoms with E-state index in [9.17, 15) is 9.59 Å². The van der Waals surface area contributed by atoms with Crippen molar-refractivity contribution in [3.63, 3.8) is 0 Å². The lowest BCUT2D eigenvalue weighted by Gasteiger charge is -2.19. The Balaban J connectivity index is 2.59. The van der Waals surface area contributed by atoms with Gasteiger partial charge < -0.3 is 19.5 Å². The molecule has 0 aliphatic carbocycles. The van der Waals surface area contributed by atoms with Crippen molar-refractivity contribution in [2.75, 3.05) is 32.9 Å². The zero-order valence-corrected chi connectivity index (χ0v) is 14.9. The molecule has 0 saturated carbocycles. The first kappa shape index (κ1) is 20.7. The van der Waals surface area contributed by atoms with Gasteiger partial charge in [0.15, 0.2) is 0 Å². The Morgan fingerprint density at radius 1 is 1.16 bits per heavy atom. The lowest BCUT2D eigenvalue weighted by molar-refractivity contribution is -0.143. The Morgan fingerprint density at radius 3 is 2.48 bits per heavy atom. The highest BCUT2D eigenvalue weighted by Crippen LogP contribution is 2.13. The Kier molecular flexibility index (Phi) is 10.0. The molecule has 138 valence electrons. The standard InChI is InChI=1S/C19H27NO5/c1-3-15-25-17-8-5-16(6-9-17)7-10-18(22)20(13-14-21)12-11-19(23)24-4-2/h5-10,21H,3-4,11-15H2,1-2H3/b10-7+. The molecule has 0 aromatic heterocycles. The second-order valence-electron chi connectivity index (χ2n) is 5.35. The van der Waals surface area contributed by atoms with Gasteiger partial charge in [-0.2, -0.15) is 0 Å². The van der Waals surface area contributed by atoms with Crippen molar-refractivity contribution in [3.8, 4) is 5.75 Å². The van der Waals surface area contributed by atoms with E-state index in [0.717, 1.165) is 17.7 Å². The van der Waals surface area contributed by atoms with Crippen LogP contribution in [-0.4, -0.2) is 54.8 Å². The van der Waals surface area contributed by atoms with E-state index in [1.54, 1.807) is 13.0 Å². The fraction of sp³-hybridized carbons (Fsp3) is 0.474. The Labute approximate surface area is 149 Å². The van der Waals surface area contributed by atoms with Gasteiger partial charge in [0.2, 0.25) is 5.91 Å². The van der Waals surface area contributed by atoms with E-state index >= 15 is 0 Å². The second-order valence-corrected chi connectivity index (χ2v) is 5.35. The minimum Gasteiger partial charge on any atom is -0.494 e. The molecule has 1 amide bonds. The van der Waals surface area contributed by atoms with Crippen LogP contribution in [0.4, 0.5) is 0 Å². The molecule has 0 aliphatic rings. The van der Waals surface area contributed by atoms with E-state index in [-0.39, 0.29) is 38.0 Å². The summed E-state index contributed by atoms with van der Waals surface area (Å²) in [6.45, 7) is 4.98. The molecule has 0 spiro atoms. The van der Waals surface area contributed by atoms with Crippen molar-refractivity contribution < 1.29 is 24.2 Å². The number of esters is 1. The maximum Gasteiger partial charge on any atom is 0.307 e. The van der Waals surface area contributed by atoms with Crippen LogP contribution in [0, 0.1) is 0 Å². The minimum absolute atomic E-state index is 0.108. The molecule has 0 fully saturated rings. The van der Waals surface area contributed by atoms with Gasteiger partial charge in [-0.3, -0.25) is 9.59 Å². The predicted molar refractivity (Wildman–Crippen MR) is 96.2 cm³/mol. The molecule has 0 unspecified atom stereocenters. The number of carbonyl (C=O) groups excluding carboxylic acids is 2. The van der Waals surface area contributed by atoms with E-state index in [2.05, 4.69) is 0 Å². The van der Waals surface area contributed by atoms with E-state index in [1.165, 1.54) is 11.0 Å². The number of nitrogens with zero attached hydrogens (tertiary/aromatic N) is 1. The Bertz CT molecular complexity index is 553. The third-order valence-corrected chi connectivity index (χ3v) is 3.34. The van der Waals surface area contributed by atoms with E-state index in [4.69, 9.17) is 14.6 Å². The number of hydrogen-bond donors (Lipinski definition) is 1. The summed E-state index contributed by atoms with van der Waals surface area (Å²) < 4.78 is 10.4. The van der Waals surface area contributed by atoms with Crippen LogP contribution in [0.25, 0.3) is 6.08 Å². The monoisotopic (exact) mass is 349 g/mol. The third-order valence-electron chi connectivity index (χ3n) is 3.34. The maximum atomic E-state index is 12.2. The molecule has 6 nitrogen and oxygen atoms in total. The Morgan fingerprint density at radius 2 is 1.88 bits per heavy atom. The fourth-order valence-corrected chi connectivity index (χ4v) is 2.08. The minimum atomic E-state index is -0.357. The SMILES string of the molecule is CCCOc1ccc(/C=C/C(=O)N(CCO)CCC(=O)OCC)cc1. The van der Waals surface area contributed by atoms with E-state index < -0.39 is 0 Å². The first-order chi connectivity index (χ1) is 12.1. The first-order valence-electron chi connectivity index (χ1n) is 8.57. The van der Waals surface area contributed by atoms with Crippen molar-refractivity contribution in [3.05, 3.63) is 35.9 Å². The zero-order chi connectivity index (χ0) is 18.5. The molecule has 0 atom stereocenters. The average molecular weight is 349 g/mol. The summed E-state index contributed by atoms with van der Waals surface area (Å²) in [5.41, 5.74) is 0.867. The van der Waals surface area contributed by atoms with Crippen LogP contribution in [-0.2, 0) is 14.3 Å². The topological polar surface area (TPSA) is 76.1 Å². The van der Waals surface area contributed by atoms with Gasteiger partial charge >= 0.3 is 5.97 Å². The van der Waals surface area contributed by atoms with Gasteiger partial charge in [0.25, 0.3) is 0 Å². The molecular weight excluding hydrogens is 322 g/mol. The van der Waals surface area contributed by atoms with Crippen molar-refractivity contribution in [2.45, 2.75) is 26.7 Å². The van der Waals surface area contributed by atoms with Gasteiger partial charge in [-0.25, -0.2) is 0 Å². The summed E-state index contributed by atoms with van der Waals surface area (Å²) in [5, 5.41) is 9.09. The van der Waals surface area contributed by atoms with Crippen LogP contribution >= 0.6 is 0 Å². The van der Waals surface area contributed by atoms with Crippen LogP contribution in [0.1, 0.15) is 32.3 Å². The van der Waals surface area contributed by atoms with Crippen LogP contribution in [0.3, 0.4) is 0 Å². The van der Waals surface area contributed by atoms with Gasteiger partial charge in [-0.15, -0.1) is 0 Å². The molecule has 1 rings (SSSR count). The number of hydrogen-bond acceptors (Lipinski definition) is 5. The summed E-state index contributed by atoms with van der Waals surface area (Å²) in [6.07, 6.45) is 4.18. The van der Waals surface area contributed by atoms with Gasteiger partial charge in [0.1, 0.15) is 5.75 Å². The van der Waals surface area contributed by atoms with Crippen LogP contribution in [0.15, 0.2) is 30.3 Å². The number of ether oxygens (including phenoxy) is 2. The molecule has 0 bridgehead atoms. The lowest BCUT2D eigenvalue weighted by atomic mass is 10.2. The molecular formula is C19H27NO5. The highest BCUT2D eigenvalue weighted by atomic mass is 16.5. The number of rotatable bonds is 11. The van der Waals surface area contributed by atoms with Crippen LogP contribution < -0.4 is 4.74 Å². The summed E-state index contributed by atoms with van der Waals surface area (Å²) in [5.74, 6) is 0.177. The Hall–Kier alpha value is -2.34. The number of aliphatic hydroxyl groups excluding tert-OH is 1. The fourth-order valence-electron chi connectivity index (χ4n) is 2.08. The van der Waals surface area contributed by atoms with Crippen molar-refractivity contribution >= 4 is 18.0 Å². The number of carbonyl (C=O) groups is 2. The summed E-state index contributed by atoms with van der Waals surface area (Å²) >= 11 is 0.